The number of hydrogen-bond donors (Lipinski definition) is 1. The van der Waals surface area contributed by atoms with Gasteiger partial charge in [0.15, 0.2) is 0 Å². The second-order valence-corrected chi connectivity index (χ2v) is 6.84. The van der Waals surface area contributed by atoms with Gasteiger partial charge in [-0.1, -0.05) is 23.4 Å². The van der Waals surface area contributed by atoms with Crippen LogP contribution in [0.5, 0.6) is 5.75 Å². The van der Waals surface area contributed by atoms with Crippen molar-refractivity contribution in [2.24, 2.45) is 0 Å². The van der Waals surface area contributed by atoms with Crippen LogP contribution in [0.3, 0.4) is 0 Å². The minimum absolute atomic E-state index is 0.273. The molecule has 8 heteroatoms. The molecule has 2 aromatic heterocycles. The highest BCUT2D eigenvalue weighted by Crippen LogP contribution is 2.29. The molecule has 29 heavy (non-hydrogen) atoms. The maximum atomic E-state index is 12.7. The van der Waals surface area contributed by atoms with Gasteiger partial charge in [0.2, 0.25) is 5.82 Å². The average molecular weight is 451 g/mol. The van der Waals surface area contributed by atoms with E-state index in [9.17, 15) is 4.79 Å². The van der Waals surface area contributed by atoms with Gasteiger partial charge >= 0.3 is 0 Å². The highest BCUT2D eigenvalue weighted by atomic mass is 79.9. The quantitative estimate of drug-likeness (QED) is 0.468. The van der Waals surface area contributed by atoms with E-state index in [0.29, 0.717) is 38.6 Å². The maximum Gasteiger partial charge on any atom is 0.260 e. The molecule has 1 amide bonds. The van der Waals surface area contributed by atoms with Crippen molar-refractivity contribution in [3.05, 3.63) is 76.9 Å². The summed E-state index contributed by atoms with van der Waals surface area (Å²) in [5, 5.41) is 6.89. The highest BCUT2D eigenvalue weighted by molar-refractivity contribution is 9.10. The van der Waals surface area contributed by atoms with Gasteiger partial charge in [0, 0.05) is 11.8 Å². The largest absolute Gasteiger partial charge is 0.496 e. The molecule has 2 heterocycles. The molecule has 144 valence electrons. The van der Waals surface area contributed by atoms with E-state index in [2.05, 4.69) is 36.4 Å². The number of nitrogens with one attached hydrogen (secondary N) is 1. The number of halogens is 1. The van der Waals surface area contributed by atoms with Crippen molar-refractivity contribution < 1.29 is 14.1 Å². The first kappa shape index (κ1) is 18.8. The fraction of sp³-hybridized carbons (Fsp3) is 0.0476. The molecule has 1 N–H and O–H groups in total. The van der Waals surface area contributed by atoms with E-state index in [4.69, 9.17) is 9.26 Å². The predicted octanol–water partition coefficient (Wildman–Crippen LogP) is 4.82. The van der Waals surface area contributed by atoms with E-state index < -0.39 is 0 Å². The second kappa shape index (κ2) is 8.24. The van der Waals surface area contributed by atoms with Gasteiger partial charge in [0.05, 0.1) is 22.8 Å². The zero-order valence-electron chi connectivity index (χ0n) is 15.3. The Morgan fingerprint density at radius 3 is 2.69 bits per heavy atom. The van der Waals surface area contributed by atoms with Crippen LogP contribution >= 0.6 is 15.9 Å². The van der Waals surface area contributed by atoms with Crippen LogP contribution < -0.4 is 10.1 Å². The third kappa shape index (κ3) is 4.02. The lowest BCUT2D eigenvalue weighted by atomic mass is 10.1. The number of anilines is 1. The summed E-state index contributed by atoms with van der Waals surface area (Å²) in [5.74, 6) is 1.04. The monoisotopic (exact) mass is 450 g/mol. The lowest BCUT2D eigenvalue weighted by Gasteiger charge is -2.10. The SMILES string of the molecule is COc1ccc(C(=O)Nc2ccccc2-c2nc(-c3ccccn3)no2)cc1Br. The Hall–Kier alpha value is -3.52. The number of aromatic nitrogens is 3. The van der Waals surface area contributed by atoms with Crippen molar-refractivity contribution in [1.29, 1.82) is 0 Å². The molecule has 4 aromatic rings. The van der Waals surface area contributed by atoms with E-state index >= 15 is 0 Å². The Balaban J connectivity index is 1.62. The predicted molar refractivity (Wildman–Crippen MR) is 112 cm³/mol. The Bertz CT molecular complexity index is 1160. The van der Waals surface area contributed by atoms with Crippen LogP contribution in [0.25, 0.3) is 23.0 Å². The number of carbonyl (C=O) groups is 1. The molecule has 0 unspecified atom stereocenters. The van der Waals surface area contributed by atoms with Crippen molar-refractivity contribution in [2.45, 2.75) is 0 Å². The molecule has 0 atom stereocenters. The lowest BCUT2D eigenvalue weighted by molar-refractivity contribution is 0.102. The number of amides is 1. The highest BCUT2D eigenvalue weighted by Gasteiger charge is 2.17. The molecule has 0 bridgehead atoms. The Labute approximate surface area is 174 Å². The molecule has 0 saturated heterocycles. The van der Waals surface area contributed by atoms with Gasteiger partial charge in [-0.2, -0.15) is 4.98 Å². The number of methoxy groups -OCH3 is 1. The third-order valence-corrected chi connectivity index (χ3v) is 4.76. The number of ether oxygens (including phenoxy) is 1. The van der Waals surface area contributed by atoms with E-state index in [-0.39, 0.29) is 11.8 Å². The molecule has 0 aliphatic carbocycles. The van der Waals surface area contributed by atoms with Gasteiger partial charge in [-0.15, -0.1) is 0 Å². The molecule has 0 saturated carbocycles. The number of nitrogens with zero attached hydrogens (tertiary/aromatic N) is 3. The van der Waals surface area contributed by atoms with Crippen molar-refractivity contribution >= 4 is 27.5 Å². The first-order chi connectivity index (χ1) is 14.2. The molecule has 2 aromatic carbocycles. The van der Waals surface area contributed by atoms with E-state index in [1.165, 1.54) is 0 Å². The lowest BCUT2D eigenvalue weighted by Crippen LogP contribution is -2.12. The fourth-order valence-corrected chi connectivity index (χ4v) is 3.25. The molecule has 0 radical (unpaired) electrons. The molecule has 0 aliphatic rings. The Morgan fingerprint density at radius 1 is 1.10 bits per heavy atom. The van der Waals surface area contributed by atoms with Crippen molar-refractivity contribution in [3.63, 3.8) is 0 Å². The summed E-state index contributed by atoms with van der Waals surface area (Å²) in [6.45, 7) is 0. The summed E-state index contributed by atoms with van der Waals surface area (Å²) in [6.07, 6.45) is 1.66. The zero-order chi connectivity index (χ0) is 20.2. The number of rotatable bonds is 5. The molecule has 7 nitrogen and oxygen atoms in total. The first-order valence-electron chi connectivity index (χ1n) is 8.65. The number of pyridine rings is 1. The fourth-order valence-electron chi connectivity index (χ4n) is 2.71. The molecule has 4 rings (SSSR count). The summed E-state index contributed by atoms with van der Waals surface area (Å²) in [6, 6.07) is 17.8. The average Bonchev–Trinajstić information content (AvgIpc) is 3.25. The molecule has 0 fully saturated rings. The third-order valence-electron chi connectivity index (χ3n) is 4.14. The van der Waals surface area contributed by atoms with Crippen molar-refractivity contribution in [3.8, 4) is 28.7 Å². The first-order valence-corrected chi connectivity index (χ1v) is 9.44. The normalized spacial score (nSPS) is 10.6. The minimum Gasteiger partial charge on any atom is -0.496 e. The van der Waals surface area contributed by atoms with Crippen molar-refractivity contribution in [2.75, 3.05) is 12.4 Å². The van der Waals surface area contributed by atoms with Gasteiger partial charge < -0.3 is 14.6 Å². The molecular weight excluding hydrogens is 436 g/mol. The van der Waals surface area contributed by atoms with Crippen LogP contribution in [0.2, 0.25) is 0 Å². The van der Waals surface area contributed by atoms with E-state index in [1.54, 1.807) is 49.7 Å². The van der Waals surface area contributed by atoms with Crippen LogP contribution in [0.4, 0.5) is 5.69 Å². The van der Waals surface area contributed by atoms with Gasteiger partial charge in [0.1, 0.15) is 11.4 Å². The standard InChI is InChI=1S/C21H15BrN4O3/c1-28-18-10-9-13(12-15(18)22)20(27)24-16-7-3-2-6-14(16)21-25-19(26-29-21)17-8-4-5-11-23-17/h2-12H,1H3,(H,24,27). The van der Waals surface area contributed by atoms with Crippen LogP contribution in [0, 0.1) is 0 Å². The van der Waals surface area contributed by atoms with Gasteiger partial charge in [0.25, 0.3) is 11.8 Å². The van der Waals surface area contributed by atoms with Crippen LogP contribution in [-0.4, -0.2) is 28.1 Å². The topological polar surface area (TPSA) is 90.1 Å². The number of para-hydroxylation sites is 1. The molecular formula is C21H15BrN4O3. The van der Waals surface area contributed by atoms with E-state index in [1.807, 2.05) is 24.3 Å². The van der Waals surface area contributed by atoms with Crippen LogP contribution in [0.1, 0.15) is 10.4 Å². The number of hydrogen-bond acceptors (Lipinski definition) is 6. The summed E-state index contributed by atoms with van der Waals surface area (Å²) < 4.78 is 11.3. The zero-order valence-corrected chi connectivity index (χ0v) is 16.9. The number of carbonyl (C=O) groups excluding carboxylic acids is 1. The van der Waals surface area contributed by atoms with Gasteiger partial charge in [-0.05, 0) is 58.4 Å². The maximum absolute atomic E-state index is 12.7. The van der Waals surface area contributed by atoms with Crippen LogP contribution in [-0.2, 0) is 0 Å². The van der Waals surface area contributed by atoms with Gasteiger partial charge in [-0.3, -0.25) is 9.78 Å². The summed E-state index contributed by atoms with van der Waals surface area (Å²) in [4.78, 5) is 21.4. The van der Waals surface area contributed by atoms with Gasteiger partial charge in [-0.25, -0.2) is 0 Å². The minimum atomic E-state index is -0.273. The smallest absolute Gasteiger partial charge is 0.260 e. The second-order valence-electron chi connectivity index (χ2n) is 5.99. The van der Waals surface area contributed by atoms with Crippen molar-refractivity contribution in [1.82, 2.24) is 15.1 Å². The summed E-state index contributed by atoms with van der Waals surface area (Å²) >= 11 is 3.39. The Kier molecular flexibility index (Phi) is 5.35. The van der Waals surface area contributed by atoms with E-state index in [0.717, 1.165) is 0 Å². The van der Waals surface area contributed by atoms with Crippen LogP contribution in [0.15, 0.2) is 75.9 Å². The number of benzene rings is 2. The summed E-state index contributed by atoms with van der Waals surface area (Å²) in [5.41, 5.74) is 2.25. The molecule has 0 aliphatic heterocycles. The Morgan fingerprint density at radius 2 is 1.93 bits per heavy atom. The summed E-state index contributed by atoms with van der Waals surface area (Å²) in [7, 11) is 1.57. The molecule has 0 spiro atoms.